The maximum Gasteiger partial charge on any atom is 0.248 e. The molecule has 2 aliphatic rings. The lowest BCUT2D eigenvalue weighted by Crippen LogP contribution is -2.40. The van der Waals surface area contributed by atoms with Crippen molar-refractivity contribution < 1.29 is 27.1 Å². The van der Waals surface area contributed by atoms with Crippen LogP contribution in [0.1, 0.15) is 62.2 Å². The summed E-state index contributed by atoms with van der Waals surface area (Å²) in [7, 11) is 1.51. The van der Waals surface area contributed by atoms with Crippen molar-refractivity contribution in [2.45, 2.75) is 69.3 Å². The largest absolute Gasteiger partial charge is 0.382 e. The van der Waals surface area contributed by atoms with Gasteiger partial charge in [0.05, 0.1) is 30.7 Å². The Hall–Kier alpha value is -2.23. The third-order valence-electron chi connectivity index (χ3n) is 6.45. The topological polar surface area (TPSA) is 68.5 Å². The van der Waals surface area contributed by atoms with Gasteiger partial charge in [-0.15, -0.1) is 0 Å². The maximum absolute atomic E-state index is 13.4. The summed E-state index contributed by atoms with van der Waals surface area (Å²) >= 11 is 0. The molecule has 2 heterocycles. The summed E-state index contributed by atoms with van der Waals surface area (Å²) in [6.07, 6.45) is 4.39. The molecule has 32 heavy (non-hydrogen) atoms. The molecule has 176 valence electrons. The fourth-order valence-electron chi connectivity index (χ4n) is 4.66. The van der Waals surface area contributed by atoms with E-state index in [4.69, 9.17) is 4.74 Å². The number of alkyl halides is 4. The molecule has 0 saturated heterocycles. The molecule has 6 nitrogen and oxygen atoms in total. The standard InChI is InChI=1S/C22H28F4N4O2/c1-32-13-18(29-20(31)7-15-9-22(25,26)10-15)16-8-19-28-17(12-30(19)27-11-16)6-14-2-4-21(23,24)5-3-14/h8,11-12,14-15,18H,2-7,9-10,13H2,1H3,(H,29,31). The van der Waals surface area contributed by atoms with Crippen LogP contribution in [0.5, 0.6) is 0 Å². The number of fused-ring (bicyclic) bond motifs is 1. The Morgan fingerprint density at radius 1 is 1.22 bits per heavy atom. The van der Waals surface area contributed by atoms with Gasteiger partial charge in [0.15, 0.2) is 5.65 Å². The highest BCUT2D eigenvalue weighted by Gasteiger charge is 2.45. The van der Waals surface area contributed by atoms with Crippen LogP contribution in [-0.2, 0) is 16.0 Å². The Morgan fingerprint density at radius 2 is 1.94 bits per heavy atom. The van der Waals surface area contributed by atoms with E-state index in [0.29, 0.717) is 30.5 Å². The van der Waals surface area contributed by atoms with Crippen LogP contribution in [-0.4, -0.2) is 46.1 Å². The molecule has 0 aromatic carbocycles. The summed E-state index contributed by atoms with van der Waals surface area (Å²) in [5, 5.41) is 7.21. The van der Waals surface area contributed by atoms with Gasteiger partial charge in [-0.3, -0.25) is 4.79 Å². The molecule has 2 aliphatic carbocycles. The van der Waals surface area contributed by atoms with E-state index in [1.807, 2.05) is 0 Å². The van der Waals surface area contributed by atoms with Crippen LogP contribution in [0.25, 0.3) is 5.65 Å². The zero-order chi connectivity index (χ0) is 22.9. The lowest BCUT2D eigenvalue weighted by Gasteiger charge is -2.34. The molecule has 0 bridgehead atoms. The molecule has 0 aliphatic heterocycles. The van der Waals surface area contributed by atoms with E-state index in [2.05, 4.69) is 15.4 Å². The minimum Gasteiger partial charge on any atom is -0.382 e. The molecule has 2 fully saturated rings. The average Bonchev–Trinajstić information content (AvgIpc) is 3.09. The number of carbonyl (C=O) groups is 1. The normalized spacial score (nSPS) is 21.9. The third kappa shape index (κ3) is 5.57. The number of nitrogens with zero attached hydrogens (tertiary/aromatic N) is 3. The van der Waals surface area contributed by atoms with Crippen molar-refractivity contribution in [3.05, 3.63) is 29.7 Å². The predicted octanol–water partition coefficient (Wildman–Crippen LogP) is 4.34. The first-order valence-corrected chi connectivity index (χ1v) is 11.0. The predicted molar refractivity (Wildman–Crippen MR) is 109 cm³/mol. The van der Waals surface area contributed by atoms with Crippen LogP contribution in [0.15, 0.2) is 18.5 Å². The number of imidazole rings is 1. The fraction of sp³-hybridized carbons (Fsp3) is 0.682. The number of methoxy groups -OCH3 is 1. The number of carbonyl (C=O) groups excluding carboxylic acids is 1. The molecule has 1 N–H and O–H groups in total. The highest BCUT2D eigenvalue weighted by molar-refractivity contribution is 5.77. The summed E-state index contributed by atoms with van der Waals surface area (Å²) in [6.45, 7) is 0.203. The van der Waals surface area contributed by atoms with E-state index in [0.717, 1.165) is 5.69 Å². The quantitative estimate of drug-likeness (QED) is 0.601. The van der Waals surface area contributed by atoms with Crippen molar-refractivity contribution in [3.63, 3.8) is 0 Å². The number of halogens is 4. The Kier molecular flexibility index (Phi) is 6.42. The first-order valence-electron chi connectivity index (χ1n) is 11.0. The van der Waals surface area contributed by atoms with E-state index in [1.165, 1.54) is 7.11 Å². The van der Waals surface area contributed by atoms with Gasteiger partial charge in [-0.1, -0.05) is 0 Å². The van der Waals surface area contributed by atoms with Gasteiger partial charge in [0.2, 0.25) is 17.8 Å². The molecular weight excluding hydrogens is 428 g/mol. The summed E-state index contributed by atoms with van der Waals surface area (Å²) in [5.74, 6) is -5.62. The van der Waals surface area contributed by atoms with E-state index in [9.17, 15) is 22.4 Å². The monoisotopic (exact) mass is 456 g/mol. The maximum atomic E-state index is 13.4. The highest BCUT2D eigenvalue weighted by Crippen LogP contribution is 2.44. The molecular formula is C22H28F4N4O2. The summed E-state index contributed by atoms with van der Waals surface area (Å²) in [6, 6.07) is 1.32. The second-order valence-electron chi connectivity index (χ2n) is 9.24. The van der Waals surface area contributed by atoms with Gasteiger partial charge in [0.1, 0.15) is 0 Å². The van der Waals surface area contributed by atoms with Gasteiger partial charge in [-0.05, 0) is 37.2 Å². The number of amides is 1. The van der Waals surface area contributed by atoms with Crippen molar-refractivity contribution in [1.29, 1.82) is 0 Å². The number of hydrogen-bond acceptors (Lipinski definition) is 4. The fourth-order valence-corrected chi connectivity index (χ4v) is 4.66. The van der Waals surface area contributed by atoms with Crippen molar-refractivity contribution >= 4 is 11.6 Å². The summed E-state index contributed by atoms with van der Waals surface area (Å²) < 4.78 is 59.6. The van der Waals surface area contributed by atoms with Crippen LogP contribution in [0.3, 0.4) is 0 Å². The second kappa shape index (κ2) is 8.96. The van der Waals surface area contributed by atoms with Gasteiger partial charge < -0.3 is 10.1 Å². The SMILES string of the molecule is COCC(NC(=O)CC1CC(F)(F)C1)c1cnn2cc(CC3CCC(F)(F)CC3)nc2c1. The molecule has 1 atom stereocenters. The molecule has 0 spiro atoms. The molecule has 4 rings (SSSR count). The van der Waals surface area contributed by atoms with Crippen LogP contribution >= 0.6 is 0 Å². The molecule has 2 saturated carbocycles. The van der Waals surface area contributed by atoms with Gasteiger partial charge >= 0.3 is 0 Å². The van der Waals surface area contributed by atoms with Gasteiger partial charge in [-0.25, -0.2) is 27.1 Å². The first kappa shape index (κ1) is 22.9. The van der Waals surface area contributed by atoms with Crippen molar-refractivity contribution in [2.24, 2.45) is 11.8 Å². The van der Waals surface area contributed by atoms with E-state index in [1.54, 1.807) is 23.0 Å². The molecule has 2 aromatic heterocycles. The van der Waals surface area contributed by atoms with Crippen molar-refractivity contribution in [2.75, 3.05) is 13.7 Å². The molecule has 0 radical (unpaired) electrons. The van der Waals surface area contributed by atoms with E-state index >= 15 is 0 Å². The van der Waals surface area contributed by atoms with Crippen LogP contribution in [0, 0.1) is 11.8 Å². The minimum absolute atomic E-state index is 0.0550. The van der Waals surface area contributed by atoms with Crippen LogP contribution < -0.4 is 5.32 Å². The Labute approximate surface area is 183 Å². The molecule has 10 heteroatoms. The minimum atomic E-state index is -2.65. The van der Waals surface area contributed by atoms with Crippen molar-refractivity contribution in [1.82, 2.24) is 19.9 Å². The van der Waals surface area contributed by atoms with E-state index < -0.39 is 17.9 Å². The van der Waals surface area contributed by atoms with Crippen LogP contribution in [0.2, 0.25) is 0 Å². The van der Waals surface area contributed by atoms with Crippen molar-refractivity contribution in [3.8, 4) is 0 Å². The summed E-state index contributed by atoms with van der Waals surface area (Å²) in [5.41, 5.74) is 2.08. The average molecular weight is 456 g/mol. The Morgan fingerprint density at radius 3 is 2.59 bits per heavy atom. The first-order chi connectivity index (χ1) is 15.1. The van der Waals surface area contributed by atoms with E-state index in [-0.39, 0.29) is 56.5 Å². The number of rotatable bonds is 8. The Balaban J connectivity index is 1.40. The molecule has 2 aromatic rings. The lowest BCUT2D eigenvalue weighted by atomic mass is 9.79. The molecule has 1 unspecified atom stereocenters. The highest BCUT2D eigenvalue weighted by atomic mass is 19.3. The summed E-state index contributed by atoms with van der Waals surface area (Å²) in [4.78, 5) is 16.9. The molecule has 1 amide bonds. The van der Waals surface area contributed by atoms with Crippen LogP contribution in [0.4, 0.5) is 17.6 Å². The van der Waals surface area contributed by atoms with Gasteiger partial charge in [0.25, 0.3) is 0 Å². The lowest BCUT2D eigenvalue weighted by molar-refractivity contribution is -0.134. The van der Waals surface area contributed by atoms with Gasteiger partial charge in [0, 0.05) is 44.8 Å². The number of ether oxygens (including phenoxy) is 1. The Bertz CT molecular complexity index is 947. The number of nitrogens with one attached hydrogen (secondary N) is 1. The third-order valence-corrected chi connectivity index (χ3v) is 6.45. The zero-order valence-electron chi connectivity index (χ0n) is 18.0. The number of aromatic nitrogens is 3. The smallest absolute Gasteiger partial charge is 0.248 e. The zero-order valence-corrected chi connectivity index (χ0v) is 18.0. The second-order valence-corrected chi connectivity index (χ2v) is 9.24. The van der Waals surface area contributed by atoms with Gasteiger partial charge in [-0.2, -0.15) is 5.10 Å². The number of hydrogen-bond donors (Lipinski definition) is 1.